The molecule has 1 aromatic carbocycles. The van der Waals surface area contributed by atoms with Crippen molar-refractivity contribution in [1.82, 2.24) is 15.5 Å². The highest BCUT2D eigenvalue weighted by atomic mass is 16.5. The molecule has 1 aromatic rings. The number of guanidine groups is 1. The second kappa shape index (κ2) is 14.2. The van der Waals surface area contributed by atoms with E-state index in [1.807, 2.05) is 12.1 Å². The van der Waals surface area contributed by atoms with Crippen LogP contribution >= 0.6 is 0 Å². The molecule has 164 valence electrons. The van der Waals surface area contributed by atoms with Crippen LogP contribution in [0, 0.1) is 0 Å². The van der Waals surface area contributed by atoms with E-state index >= 15 is 0 Å². The number of hydrogen-bond acceptors (Lipinski definition) is 5. The molecule has 29 heavy (non-hydrogen) atoms. The summed E-state index contributed by atoms with van der Waals surface area (Å²) in [6.07, 6.45) is 3.42. The van der Waals surface area contributed by atoms with Gasteiger partial charge in [0.15, 0.2) is 5.96 Å². The maximum absolute atomic E-state index is 5.63. The summed E-state index contributed by atoms with van der Waals surface area (Å²) in [5.41, 5.74) is 1.21. The van der Waals surface area contributed by atoms with Crippen LogP contribution < -0.4 is 15.4 Å². The summed E-state index contributed by atoms with van der Waals surface area (Å²) in [5, 5.41) is 6.76. The van der Waals surface area contributed by atoms with E-state index in [0.717, 1.165) is 44.3 Å². The zero-order valence-corrected chi connectivity index (χ0v) is 18.3. The Morgan fingerprint density at radius 1 is 1.10 bits per heavy atom. The normalized spacial score (nSPS) is 16.0. The Bertz CT molecular complexity index is 591. The number of ether oxygens (including phenoxy) is 3. The lowest BCUT2D eigenvalue weighted by Gasteiger charge is -2.28. The number of likely N-dealkylation sites (tertiary alicyclic amines) is 1. The molecule has 7 heteroatoms. The van der Waals surface area contributed by atoms with Gasteiger partial charge in [-0.15, -0.1) is 0 Å². The predicted octanol–water partition coefficient (Wildman–Crippen LogP) is 2.44. The Hall–Kier alpha value is -1.83. The second-order valence-corrected chi connectivity index (χ2v) is 7.11. The quantitative estimate of drug-likeness (QED) is 0.298. The molecule has 1 unspecified atom stereocenters. The maximum Gasteiger partial charge on any atom is 0.191 e. The maximum atomic E-state index is 5.63. The van der Waals surface area contributed by atoms with E-state index in [-0.39, 0.29) is 6.04 Å². The van der Waals surface area contributed by atoms with Crippen LogP contribution in [0.2, 0.25) is 0 Å². The molecule has 0 amide bonds. The van der Waals surface area contributed by atoms with Crippen LogP contribution in [-0.4, -0.2) is 77.6 Å². The van der Waals surface area contributed by atoms with Gasteiger partial charge in [0, 0.05) is 32.4 Å². The smallest absolute Gasteiger partial charge is 0.191 e. The van der Waals surface area contributed by atoms with Gasteiger partial charge in [0.2, 0.25) is 0 Å². The number of hydrogen-bond donors (Lipinski definition) is 2. The van der Waals surface area contributed by atoms with Crippen LogP contribution in [0.25, 0.3) is 0 Å². The average molecular weight is 407 g/mol. The van der Waals surface area contributed by atoms with Gasteiger partial charge in [-0.05, 0) is 45.3 Å². The summed E-state index contributed by atoms with van der Waals surface area (Å²) in [6, 6.07) is 8.52. The first-order chi connectivity index (χ1) is 14.3. The van der Waals surface area contributed by atoms with Gasteiger partial charge in [-0.2, -0.15) is 0 Å². The zero-order chi connectivity index (χ0) is 20.7. The predicted molar refractivity (Wildman–Crippen MR) is 118 cm³/mol. The summed E-state index contributed by atoms with van der Waals surface area (Å²) in [6.45, 7) is 8.65. The first kappa shape index (κ1) is 23.4. The monoisotopic (exact) mass is 406 g/mol. The van der Waals surface area contributed by atoms with Crippen LogP contribution in [0.15, 0.2) is 29.3 Å². The first-order valence-electron chi connectivity index (χ1n) is 10.8. The minimum Gasteiger partial charge on any atom is -0.496 e. The lowest BCUT2D eigenvalue weighted by atomic mass is 10.0. The third-order valence-electron chi connectivity index (χ3n) is 5.04. The molecule has 0 aromatic heterocycles. The van der Waals surface area contributed by atoms with E-state index in [4.69, 9.17) is 19.2 Å². The van der Waals surface area contributed by atoms with Gasteiger partial charge >= 0.3 is 0 Å². The highest BCUT2D eigenvalue weighted by molar-refractivity contribution is 5.79. The van der Waals surface area contributed by atoms with Gasteiger partial charge < -0.3 is 24.8 Å². The second-order valence-electron chi connectivity index (χ2n) is 7.11. The van der Waals surface area contributed by atoms with E-state index in [1.165, 1.54) is 18.4 Å². The van der Waals surface area contributed by atoms with Crippen molar-refractivity contribution in [2.75, 3.05) is 66.8 Å². The van der Waals surface area contributed by atoms with Crippen molar-refractivity contribution in [3.8, 4) is 5.75 Å². The van der Waals surface area contributed by atoms with Crippen LogP contribution in [0.4, 0.5) is 0 Å². The SMILES string of the molecule is CCNC(=NCC(c1ccccc1OC)N1CCCC1)NCCCOCCOC. The molecule has 0 bridgehead atoms. The molecule has 0 saturated carbocycles. The number of nitrogens with zero attached hydrogens (tertiary/aromatic N) is 2. The summed E-state index contributed by atoms with van der Waals surface area (Å²) in [7, 11) is 3.42. The molecule has 1 fully saturated rings. The third-order valence-corrected chi connectivity index (χ3v) is 5.04. The number of benzene rings is 1. The number of nitrogens with one attached hydrogen (secondary N) is 2. The minimum absolute atomic E-state index is 0.224. The Labute approximate surface area is 175 Å². The molecule has 2 rings (SSSR count). The fourth-order valence-corrected chi connectivity index (χ4v) is 3.55. The molecule has 1 atom stereocenters. The Morgan fingerprint density at radius 2 is 1.90 bits per heavy atom. The van der Waals surface area contributed by atoms with Crippen LogP contribution in [0.3, 0.4) is 0 Å². The lowest BCUT2D eigenvalue weighted by Crippen LogP contribution is -2.39. The fourth-order valence-electron chi connectivity index (χ4n) is 3.55. The molecular formula is C22H38N4O3. The molecule has 1 saturated heterocycles. The molecule has 1 aliphatic rings. The molecule has 0 aliphatic carbocycles. The Balaban J connectivity index is 1.96. The lowest BCUT2D eigenvalue weighted by molar-refractivity contribution is 0.0698. The largest absolute Gasteiger partial charge is 0.496 e. The van der Waals surface area contributed by atoms with Crippen molar-refractivity contribution in [3.05, 3.63) is 29.8 Å². The zero-order valence-electron chi connectivity index (χ0n) is 18.3. The summed E-state index contributed by atoms with van der Waals surface area (Å²) in [5.74, 6) is 1.79. The fraction of sp³-hybridized carbons (Fsp3) is 0.682. The van der Waals surface area contributed by atoms with Crippen molar-refractivity contribution in [2.45, 2.75) is 32.2 Å². The molecule has 0 radical (unpaired) electrons. The van der Waals surface area contributed by atoms with E-state index in [2.05, 4.69) is 34.6 Å². The number of rotatable bonds is 13. The van der Waals surface area contributed by atoms with Gasteiger partial charge in [-0.1, -0.05) is 18.2 Å². The average Bonchev–Trinajstić information content (AvgIpc) is 3.28. The van der Waals surface area contributed by atoms with Crippen molar-refractivity contribution < 1.29 is 14.2 Å². The van der Waals surface area contributed by atoms with E-state index in [0.29, 0.717) is 26.4 Å². The molecular weight excluding hydrogens is 368 g/mol. The van der Waals surface area contributed by atoms with Gasteiger partial charge in [0.25, 0.3) is 0 Å². The minimum atomic E-state index is 0.224. The van der Waals surface area contributed by atoms with E-state index < -0.39 is 0 Å². The van der Waals surface area contributed by atoms with Gasteiger partial charge in [0.1, 0.15) is 5.75 Å². The standard InChI is InChI=1S/C22H38N4O3/c1-4-23-22(24-12-9-15-29-17-16-27-2)25-18-20(26-13-7-8-14-26)19-10-5-6-11-21(19)28-3/h5-6,10-11,20H,4,7-9,12-18H2,1-3H3,(H2,23,24,25). The summed E-state index contributed by atoms with van der Waals surface area (Å²) >= 11 is 0. The van der Waals surface area contributed by atoms with Crippen molar-refractivity contribution in [1.29, 1.82) is 0 Å². The van der Waals surface area contributed by atoms with Crippen LogP contribution in [0.1, 0.15) is 37.8 Å². The molecule has 7 nitrogen and oxygen atoms in total. The summed E-state index contributed by atoms with van der Waals surface area (Å²) < 4.78 is 16.1. The van der Waals surface area contributed by atoms with E-state index in [9.17, 15) is 0 Å². The summed E-state index contributed by atoms with van der Waals surface area (Å²) in [4.78, 5) is 7.42. The van der Waals surface area contributed by atoms with Crippen LogP contribution in [0.5, 0.6) is 5.75 Å². The van der Waals surface area contributed by atoms with Crippen molar-refractivity contribution in [3.63, 3.8) is 0 Å². The van der Waals surface area contributed by atoms with Crippen molar-refractivity contribution >= 4 is 5.96 Å². The van der Waals surface area contributed by atoms with Gasteiger partial charge in [-0.25, -0.2) is 0 Å². The van der Waals surface area contributed by atoms with E-state index in [1.54, 1.807) is 14.2 Å². The molecule has 1 aliphatic heterocycles. The van der Waals surface area contributed by atoms with Crippen molar-refractivity contribution in [2.24, 2.45) is 4.99 Å². The Morgan fingerprint density at radius 3 is 2.62 bits per heavy atom. The van der Waals surface area contributed by atoms with Gasteiger partial charge in [0.05, 0.1) is 32.9 Å². The highest BCUT2D eigenvalue weighted by Crippen LogP contribution is 2.31. The highest BCUT2D eigenvalue weighted by Gasteiger charge is 2.25. The van der Waals surface area contributed by atoms with Crippen LogP contribution in [-0.2, 0) is 9.47 Å². The molecule has 1 heterocycles. The number of methoxy groups -OCH3 is 2. The topological polar surface area (TPSA) is 67.4 Å². The molecule has 2 N–H and O–H groups in total. The third kappa shape index (κ3) is 8.20. The van der Waals surface area contributed by atoms with Gasteiger partial charge in [-0.3, -0.25) is 9.89 Å². The number of aliphatic imine (C=N–C) groups is 1. The Kier molecular flexibility index (Phi) is 11.5. The first-order valence-corrected chi connectivity index (χ1v) is 10.8. The molecule has 0 spiro atoms. The number of para-hydroxylation sites is 1.